The maximum Gasteiger partial charge on any atom is 0.109 e. The topological polar surface area (TPSA) is 67.5 Å². The van der Waals surface area contributed by atoms with Gasteiger partial charge < -0.3 is 15.6 Å². The summed E-state index contributed by atoms with van der Waals surface area (Å²) in [6.07, 6.45) is 14.6. The van der Waals surface area contributed by atoms with Gasteiger partial charge >= 0.3 is 0 Å². The molecule has 4 nitrogen and oxygen atoms in total. The fraction of sp³-hybridized carbons (Fsp3) is 0.905. The zero-order valence-electron chi connectivity index (χ0n) is 16.1. The predicted octanol–water partition coefficient (Wildman–Crippen LogP) is 3.55. The molecule has 0 radical (unpaired) electrons. The maximum atomic E-state index is 10.5. The van der Waals surface area contributed by atoms with E-state index < -0.39 is 6.23 Å². The van der Waals surface area contributed by atoms with Crippen LogP contribution in [0.1, 0.15) is 71.1 Å². The van der Waals surface area contributed by atoms with Crippen molar-refractivity contribution in [3.63, 3.8) is 0 Å². The lowest BCUT2D eigenvalue weighted by atomic mass is 9.70. The molecular weight excluding hydrogens is 312 g/mol. The molecule has 1 saturated heterocycles. The minimum atomic E-state index is -0.458. The minimum Gasteiger partial charge on any atom is -0.381 e. The molecule has 4 N–H and O–H groups in total. The van der Waals surface area contributed by atoms with E-state index in [1.54, 1.807) is 0 Å². The van der Waals surface area contributed by atoms with Gasteiger partial charge in [0.15, 0.2) is 0 Å². The van der Waals surface area contributed by atoms with Crippen LogP contribution in [0.2, 0.25) is 0 Å². The molecule has 2 aliphatic carbocycles. The van der Waals surface area contributed by atoms with Crippen LogP contribution in [0.5, 0.6) is 0 Å². The van der Waals surface area contributed by atoms with Gasteiger partial charge in [0.05, 0.1) is 12.3 Å². The van der Waals surface area contributed by atoms with Crippen molar-refractivity contribution in [1.29, 1.82) is 0 Å². The van der Waals surface area contributed by atoms with E-state index in [4.69, 9.17) is 10.5 Å². The van der Waals surface area contributed by atoms with Crippen LogP contribution in [0.25, 0.3) is 0 Å². The first-order valence-corrected chi connectivity index (χ1v) is 10.5. The zero-order valence-corrected chi connectivity index (χ0v) is 16.1. The number of allylic oxidation sites excluding steroid dienone is 1. The molecule has 0 aromatic carbocycles. The monoisotopic (exact) mass is 350 g/mol. The second kappa shape index (κ2) is 8.98. The third-order valence-corrected chi connectivity index (χ3v) is 7.07. The van der Waals surface area contributed by atoms with E-state index in [-0.39, 0.29) is 12.1 Å². The summed E-state index contributed by atoms with van der Waals surface area (Å²) < 4.78 is 5.85. The Kier molecular flexibility index (Phi) is 6.95. The van der Waals surface area contributed by atoms with Gasteiger partial charge in [0.25, 0.3) is 0 Å². The van der Waals surface area contributed by atoms with E-state index in [2.05, 4.69) is 18.3 Å². The number of rotatable bonds is 6. The van der Waals surface area contributed by atoms with Crippen LogP contribution in [0.3, 0.4) is 0 Å². The molecule has 0 aromatic rings. The number of methoxy groups -OCH3 is 1. The number of nitrogens with two attached hydrogens (primary N) is 1. The van der Waals surface area contributed by atoms with E-state index in [1.165, 1.54) is 37.7 Å². The minimum absolute atomic E-state index is 0.0648. The molecule has 0 bridgehead atoms. The van der Waals surface area contributed by atoms with Crippen molar-refractivity contribution in [3.05, 3.63) is 11.6 Å². The highest BCUT2D eigenvalue weighted by Crippen LogP contribution is 2.42. The van der Waals surface area contributed by atoms with Crippen LogP contribution >= 0.6 is 0 Å². The van der Waals surface area contributed by atoms with Crippen molar-refractivity contribution in [3.8, 4) is 0 Å². The Labute approximate surface area is 153 Å². The van der Waals surface area contributed by atoms with Gasteiger partial charge in [-0.05, 0) is 43.4 Å². The maximum absolute atomic E-state index is 10.5. The third kappa shape index (κ3) is 4.47. The highest BCUT2D eigenvalue weighted by molar-refractivity contribution is 5.13. The van der Waals surface area contributed by atoms with Gasteiger partial charge in [0.2, 0.25) is 0 Å². The molecule has 0 aromatic heterocycles. The Morgan fingerprint density at radius 3 is 2.68 bits per heavy atom. The highest BCUT2D eigenvalue weighted by Gasteiger charge is 2.41. The summed E-state index contributed by atoms with van der Waals surface area (Å²) in [5.74, 6) is 2.12. The molecule has 3 aliphatic rings. The average Bonchev–Trinajstić information content (AvgIpc) is 2.90. The van der Waals surface area contributed by atoms with Gasteiger partial charge in [-0.1, -0.05) is 57.1 Å². The van der Waals surface area contributed by atoms with Crippen LogP contribution in [-0.2, 0) is 4.74 Å². The average molecular weight is 351 g/mol. The SMILES string of the molecule is CCCC1C(N)NC(O)C1CC1=CCC(OC)C(C2CCCCC2)C1. The molecular formula is C21H38N2O2. The Morgan fingerprint density at radius 1 is 1.24 bits per heavy atom. The zero-order chi connectivity index (χ0) is 17.8. The van der Waals surface area contributed by atoms with Crippen molar-refractivity contribution >= 4 is 0 Å². The first-order valence-electron chi connectivity index (χ1n) is 10.5. The van der Waals surface area contributed by atoms with Crippen LogP contribution in [0.4, 0.5) is 0 Å². The summed E-state index contributed by atoms with van der Waals surface area (Å²) in [5, 5.41) is 13.6. The van der Waals surface area contributed by atoms with Crippen molar-refractivity contribution in [2.75, 3.05) is 7.11 Å². The Bertz CT molecular complexity index is 447. The Morgan fingerprint density at radius 2 is 2.00 bits per heavy atom. The molecule has 1 heterocycles. The second-order valence-electron chi connectivity index (χ2n) is 8.60. The lowest BCUT2D eigenvalue weighted by molar-refractivity contribution is 0.0131. The number of aliphatic hydroxyl groups is 1. The first kappa shape index (κ1) is 19.3. The van der Waals surface area contributed by atoms with E-state index >= 15 is 0 Å². The number of hydrogen-bond acceptors (Lipinski definition) is 4. The molecule has 25 heavy (non-hydrogen) atoms. The van der Waals surface area contributed by atoms with E-state index in [0.29, 0.717) is 17.9 Å². The normalized spacial score (nSPS) is 40.2. The van der Waals surface area contributed by atoms with Crippen molar-refractivity contribution < 1.29 is 9.84 Å². The number of ether oxygens (including phenoxy) is 1. The second-order valence-corrected chi connectivity index (χ2v) is 8.60. The van der Waals surface area contributed by atoms with E-state index in [1.807, 2.05) is 7.11 Å². The molecule has 144 valence electrons. The molecule has 3 rings (SSSR count). The lowest BCUT2D eigenvalue weighted by Gasteiger charge is -2.39. The summed E-state index contributed by atoms with van der Waals surface area (Å²) in [6.45, 7) is 2.21. The fourth-order valence-electron chi connectivity index (χ4n) is 5.68. The largest absolute Gasteiger partial charge is 0.381 e. The van der Waals surface area contributed by atoms with Gasteiger partial charge in [0.1, 0.15) is 6.23 Å². The highest BCUT2D eigenvalue weighted by atomic mass is 16.5. The van der Waals surface area contributed by atoms with E-state index in [0.717, 1.165) is 38.0 Å². The summed E-state index contributed by atoms with van der Waals surface area (Å²) >= 11 is 0. The predicted molar refractivity (Wildman–Crippen MR) is 102 cm³/mol. The number of nitrogens with one attached hydrogen (secondary N) is 1. The van der Waals surface area contributed by atoms with Gasteiger partial charge in [-0.15, -0.1) is 0 Å². The summed E-state index contributed by atoms with van der Waals surface area (Å²) in [7, 11) is 1.88. The lowest BCUT2D eigenvalue weighted by Crippen LogP contribution is -2.38. The summed E-state index contributed by atoms with van der Waals surface area (Å²) in [4.78, 5) is 0. The molecule has 2 fully saturated rings. The first-order chi connectivity index (χ1) is 12.1. The standard InChI is InChI=1S/C21H38N2O2/c1-3-7-16-18(21(24)23-20(16)22)13-14-10-11-19(25-2)17(12-14)15-8-5-4-6-9-15/h10,15-21,23-24H,3-9,11-13,22H2,1-2H3. The van der Waals surface area contributed by atoms with Gasteiger partial charge in [0, 0.05) is 13.0 Å². The third-order valence-electron chi connectivity index (χ3n) is 7.07. The summed E-state index contributed by atoms with van der Waals surface area (Å²) in [6, 6.07) is 0. The molecule has 1 aliphatic heterocycles. The molecule has 6 atom stereocenters. The Balaban J connectivity index is 1.66. The van der Waals surface area contributed by atoms with Crippen molar-refractivity contribution in [2.45, 2.75) is 89.6 Å². The van der Waals surface area contributed by atoms with Gasteiger partial charge in [-0.2, -0.15) is 0 Å². The Hall–Kier alpha value is -0.420. The molecule has 1 saturated carbocycles. The molecule has 4 heteroatoms. The molecule has 0 spiro atoms. The number of hydrogen-bond donors (Lipinski definition) is 3. The number of aliphatic hydroxyl groups excluding tert-OH is 1. The van der Waals surface area contributed by atoms with Crippen LogP contribution in [-0.4, -0.2) is 30.7 Å². The van der Waals surface area contributed by atoms with Crippen LogP contribution < -0.4 is 11.1 Å². The van der Waals surface area contributed by atoms with Crippen molar-refractivity contribution in [2.24, 2.45) is 29.4 Å². The fourth-order valence-corrected chi connectivity index (χ4v) is 5.68. The van der Waals surface area contributed by atoms with Crippen LogP contribution in [0, 0.1) is 23.7 Å². The smallest absolute Gasteiger partial charge is 0.109 e. The quantitative estimate of drug-likeness (QED) is 0.641. The van der Waals surface area contributed by atoms with E-state index in [9.17, 15) is 5.11 Å². The molecule has 0 amide bonds. The molecule has 6 unspecified atom stereocenters. The van der Waals surface area contributed by atoms with Gasteiger partial charge in [-0.25, -0.2) is 0 Å². The van der Waals surface area contributed by atoms with Crippen LogP contribution in [0.15, 0.2) is 11.6 Å². The summed E-state index contributed by atoms with van der Waals surface area (Å²) in [5.41, 5.74) is 7.76. The van der Waals surface area contributed by atoms with Gasteiger partial charge in [-0.3, -0.25) is 5.32 Å². The van der Waals surface area contributed by atoms with Crippen molar-refractivity contribution in [1.82, 2.24) is 5.32 Å².